The molecule has 0 aromatic carbocycles. The number of hydrogen-bond donors (Lipinski definition) is 2. The fourth-order valence-corrected chi connectivity index (χ4v) is 1.95. The molecule has 0 bridgehead atoms. The van der Waals surface area contributed by atoms with Crippen LogP contribution in [0, 0.1) is 0 Å². The summed E-state index contributed by atoms with van der Waals surface area (Å²) in [6, 6.07) is 1.66. The van der Waals surface area contributed by atoms with E-state index in [1.165, 1.54) is 0 Å². The molecule has 0 unspecified atom stereocenters. The molecule has 0 spiro atoms. The van der Waals surface area contributed by atoms with E-state index < -0.39 is 5.97 Å². The van der Waals surface area contributed by atoms with Crippen LogP contribution in [0.5, 0.6) is 5.88 Å². The number of aromatic nitrogens is 1. The third-order valence-corrected chi connectivity index (χ3v) is 2.79. The highest BCUT2D eigenvalue weighted by Crippen LogP contribution is 2.26. The number of fused-ring (bicyclic) bond motifs is 1. The van der Waals surface area contributed by atoms with Crippen LogP contribution in [0.25, 0.3) is 0 Å². The summed E-state index contributed by atoms with van der Waals surface area (Å²) in [5.74, 6) is -0.849. The molecule has 0 aliphatic heterocycles. The van der Waals surface area contributed by atoms with Gasteiger partial charge in [-0.15, -0.1) is 0 Å². The third kappa shape index (κ3) is 2.55. The van der Waals surface area contributed by atoms with Gasteiger partial charge in [-0.2, -0.15) is 0 Å². The van der Waals surface area contributed by atoms with Crippen molar-refractivity contribution < 1.29 is 19.7 Å². The Balaban J connectivity index is 2.25. The van der Waals surface area contributed by atoms with Crippen molar-refractivity contribution in [2.24, 2.45) is 0 Å². The van der Waals surface area contributed by atoms with Gasteiger partial charge in [0.1, 0.15) is 5.56 Å². The molecular weight excluding hydrogens is 222 g/mol. The van der Waals surface area contributed by atoms with Crippen molar-refractivity contribution in [1.82, 2.24) is 4.98 Å². The second-order valence-electron chi connectivity index (χ2n) is 4.03. The number of aliphatic hydroxyl groups excluding tert-OH is 1. The van der Waals surface area contributed by atoms with E-state index in [4.69, 9.17) is 14.9 Å². The molecule has 0 atom stereocenters. The summed E-state index contributed by atoms with van der Waals surface area (Å²) < 4.78 is 5.31. The van der Waals surface area contributed by atoms with Gasteiger partial charge in [0, 0.05) is 18.7 Å². The lowest BCUT2D eigenvalue weighted by Crippen LogP contribution is -2.09. The zero-order valence-corrected chi connectivity index (χ0v) is 9.48. The first-order valence-corrected chi connectivity index (χ1v) is 5.72. The number of aromatic carboxylic acids is 1. The lowest BCUT2D eigenvalue weighted by molar-refractivity contribution is 0.0690. The highest BCUT2D eigenvalue weighted by atomic mass is 16.5. The second-order valence-corrected chi connectivity index (χ2v) is 4.03. The summed E-state index contributed by atoms with van der Waals surface area (Å²) in [4.78, 5) is 15.3. The van der Waals surface area contributed by atoms with E-state index in [9.17, 15) is 4.79 Å². The highest BCUT2D eigenvalue weighted by molar-refractivity contribution is 5.90. The van der Waals surface area contributed by atoms with E-state index >= 15 is 0 Å². The molecule has 1 aromatic heterocycles. The smallest absolute Gasteiger partial charge is 0.341 e. The first kappa shape index (κ1) is 11.9. The van der Waals surface area contributed by atoms with Crippen LogP contribution in [-0.2, 0) is 12.8 Å². The molecule has 0 saturated carbocycles. The van der Waals surface area contributed by atoms with Gasteiger partial charge in [0.25, 0.3) is 0 Å². The zero-order chi connectivity index (χ0) is 12.3. The summed E-state index contributed by atoms with van der Waals surface area (Å²) in [5.41, 5.74) is 2.06. The van der Waals surface area contributed by atoms with Gasteiger partial charge in [-0.1, -0.05) is 0 Å². The van der Waals surface area contributed by atoms with Crippen molar-refractivity contribution in [3.63, 3.8) is 0 Å². The van der Waals surface area contributed by atoms with Gasteiger partial charge < -0.3 is 14.9 Å². The van der Waals surface area contributed by atoms with Crippen LogP contribution in [0.15, 0.2) is 6.07 Å². The fourth-order valence-electron chi connectivity index (χ4n) is 1.95. The molecule has 2 N–H and O–H groups in total. The van der Waals surface area contributed by atoms with Crippen LogP contribution < -0.4 is 4.74 Å². The van der Waals surface area contributed by atoms with Gasteiger partial charge in [0.05, 0.1) is 6.61 Å². The van der Waals surface area contributed by atoms with E-state index in [2.05, 4.69) is 4.98 Å². The first-order valence-electron chi connectivity index (χ1n) is 5.72. The van der Waals surface area contributed by atoms with Crippen LogP contribution in [0.4, 0.5) is 0 Å². The molecule has 1 aliphatic rings. The quantitative estimate of drug-likeness (QED) is 0.748. The Morgan fingerprint density at radius 3 is 3.00 bits per heavy atom. The minimum absolute atomic E-state index is 0.0212. The third-order valence-electron chi connectivity index (χ3n) is 2.79. The lowest BCUT2D eigenvalue weighted by atomic mass is 10.1. The Labute approximate surface area is 99.1 Å². The van der Waals surface area contributed by atoms with E-state index in [0.717, 1.165) is 30.5 Å². The number of aliphatic hydroxyl groups is 1. The standard InChI is InChI=1S/C12H15NO4/c14-5-2-6-17-11-9(12(15)16)7-8-3-1-4-10(8)13-11/h7,14H,1-6H2,(H,15,16). The minimum atomic E-state index is -1.02. The molecule has 17 heavy (non-hydrogen) atoms. The molecule has 2 rings (SSSR count). The van der Waals surface area contributed by atoms with Gasteiger partial charge in [-0.05, 0) is 30.9 Å². The van der Waals surface area contributed by atoms with Gasteiger partial charge >= 0.3 is 5.97 Å². The summed E-state index contributed by atoms with van der Waals surface area (Å²) in [7, 11) is 0. The van der Waals surface area contributed by atoms with Gasteiger partial charge in [-0.25, -0.2) is 9.78 Å². The molecule has 1 aromatic rings. The fraction of sp³-hybridized carbons (Fsp3) is 0.500. The number of carboxylic acids is 1. The Bertz CT molecular complexity index is 431. The monoisotopic (exact) mass is 237 g/mol. The number of rotatable bonds is 5. The number of nitrogens with zero attached hydrogens (tertiary/aromatic N) is 1. The Hall–Kier alpha value is -1.62. The van der Waals surface area contributed by atoms with Crippen molar-refractivity contribution in [3.8, 4) is 5.88 Å². The maximum absolute atomic E-state index is 11.1. The van der Waals surface area contributed by atoms with Gasteiger partial charge in [0.2, 0.25) is 5.88 Å². The highest BCUT2D eigenvalue weighted by Gasteiger charge is 2.20. The SMILES string of the molecule is O=C(O)c1cc2c(nc1OCCCO)CCC2. The summed E-state index contributed by atoms with van der Waals surface area (Å²) in [5, 5.41) is 17.7. The Kier molecular flexibility index (Phi) is 3.58. The van der Waals surface area contributed by atoms with Crippen LogP contribution in [-0.4, -0.2) is 34.4 Å². The number of carbonyl (C=O) groups is 1. The Morgan fingerprint density at radius 1 is 1.47 bits per heavy atom. The average molecular weight is 237 g/mol. The second kappa shape index (κ2) is 5.14. The van der Waals surface area contributed by atoms with Crippen molar-refractivity contribution in [1.29, 1.82) is 0 Å². The van der Waals surface area contributed by atoms with Gasteiger partial charge in [0.15, 0.2) is 0 Å². The molecule has 0 radical (unpaired) electrons. The molecule has 5 nitrogen and oxygen atoms in total. The number of hydrogen-bond acceptors (Lipinski definition) is 4. The molecule has 5 heteroatoms. The van der Waals surface area contributed by atoms with Gasteiger partial charge in [-0.3, -0.25) is 0 Å². The number of pyridine rings is 1. The molecule has 0 saturated heterocycles. The Morgan fingerprint density at radius 2 is 2.29 bits per heavy atom. The number of carboxylic acid groups (broad SMARTS) is 1. The summed E-state index contributed by atoms with van der Waals surface area (Å²) >= 11 is 0. The molecular formula is C12H15NO4. The molecule has 1 aliphatic carbocycles. The first-order chi connectivity index (χ1) is 8.22. The van der Waals surface area contributed by atoms with Crippen LogP contribution in [0.1, 0.15) is 34.5 Å². The molecule has 0 fully saturated rings. The predicted octanol–water partition coefficient (Wildman–Crippen LogP) is 1.03. The van der Waals surface area contributed by atoms with E-state index in [1.807, 2.05) is 0 Å². The normalized spacial score (nSPS) is 13.5. The minimum Gasteiger partial charge on any atom is -0.477 e. The maximum atomic E-state index is 11.1. The van der Waals surface area contributed by atoms with E-state index in [0.29, 0.717) is 6.42 Å². The van der Waals surface area contributed by atoms with Crippen LogP contribution >= 0.6 is 0 Å². The predicted molar refractivity (Wildman–Crippen MR) is 60.4 cm³/mol. The van der Waals surface area contributed by atoms with Crippen molar-refractivity contribution >= 4 is 5.97 Å². The zero-order valence-electron chi connectivity index (χ0n) is 9.48. The number of ether oxygens (including phenoxy) is 1. The summed E-state index contributed by atoms with van der Waals surface area (Å²) in [6.45, 7) is 0.302. The number of aryl methyl sites for hydroxylation is 2. The molecule has 1 heterocycles. The van der Waals surface area contributed by atoms with Crippen LogP contribution in [0.3, 0.4) is 0 Å². The van der Waals surface area contributed by atoms with Crippen molar-refractivity contribution in [3.05, 3.63) is 22.9 Å². The maximum Gasteiger partial charge on any atom is 0.341 e. The van der Waals surface area contributed by atoms with E-state index in [-0.39, 0.29) is 24.7 Å². The van der Waals surface area contributed by atoms with Crippen molar-refractivity contribution in [2.75, 3.05) is 13.2 Å². The summed E-state index contributed by atoms with van der Waals surface area (Å²) in [6.07, 6.45) is 3.25. The largest absolute Gasteiger partial charge is 0.477 e. The topological polar surface area (TPSA) is 79.7 Å². The van der Waals surface area contributed by atoms with Crippen LogP contribution in [0.2, 0.25) is 0 Å². The van der Waals surface area contributed by atoms with Crippen molar-refractivity contribution in [2.45, 2.75) is 25.7 Å². The lowest BCUT2D eigenvalue weighted by Gasteiger charge is -2.09. The van der Waals surface area contributed by atoms with E-state index in [1.54, 1.807) is 6.07 Å². The average Bonchev–Trinajstić information content (AvgIpc) is 2.75. The molecule has 0 amide bonds. The molecule has 92 valence electrons.